The SMILES string of the molecule is O=C1C[C@@H](c2ccccc2)C2(C(=O)Nc3ccc(Br)cc32)[C@H](c2ccccc2)C1. The zero-order valence-corrected chi connectivity index (χ0v) is 17.4. The number of nitrogens with one attached hydrogen (secondary N) is 1. The molecule has 0 unspecified atom stereocenters. The number of amides is 1. The van der Waals surface area contributed by atoms with Crippen LogP contribution in [-0.2, 0) is 15.0 Å². The number of hydrogen-bond donors (Lipinski definition) is 1. The fraction of sp³-hybridized carbons (Fsp3) is 0.200. The lowest BCUT2D eigenvalue weighted by Crippen LogP contribution is -2.50. The molecular formula is C25H20BrNO2. The van der Waals surface area contributed by atoms with Gasteiger partial charge in [0.25, 0.3) is 0 Å². The summed E-state index contributed by atoms with van der Waals surface area (Å²) in [5, 5.41) is 3.13. The third kappa shape index (κ3) is 2.77. The maximum absolute atomic E-state index is 13.8. The maximum Gasteiger partial charge on any atom is 0.236 e. The number of hydrogen-bond acceptors (Lipinski definition) is 2. The Labute approximate surface area is 178 Å². The van der Waals surface area contributed by atoms with Crippen molar-refractivity contribution in [2.45, 2.75) is 30.1 Å². The van der Waals surface area contributed by atoms with Gasteiger partial charge in [-0.15, -0.1) is 0 Å². The van der Waals surface area contributed by atoms with Crippen molar-refractivity contribution in [3.05, 3.63) is 100 Å². The smallest absolute Gasteiger partial charge is 0.236 e. The first-order valence-electron chi connectivity index (χ1n) is 9.83. The van der Waals surface area contributed by atoms with Gasteiger partial charge in [0.15, 0.2) is 0 Å². The van der Waals surface area contributed by atoms with Crippen LogP contribution in [0.15, 0.2) is 83.3 Å². The first-order valence-corrected chi connectivity index (χ1v) is 10.6. The van der Waals surface area contributed by atoms with Crippen molar-refractivity contribution in [2.24, 2.45) is 0 Å². The number of Topliss-reactive ketones (excluding diaryl/α,β-unsaturated/α-hetero) is 1. The van der Waals surface area contributed by atoms with Gasteiger partial charge >= 0.3 is 0 Å². The second-order valence-electron chi connectivity index (χ2n) is 7.89. The highest BCUT2D eigenvalue weighted by Gasteiger charge is 2.60. The predicted octanol–water partition coefficient (Wildman–Crippen LogP) is 5.57. The average molecular weight is 446 g/mol. The van der Waals surface area contributed by atoms with E-state index in [1.165, 1.54) is 0 Å². The van der Waals surface area contributed by atoms with Gasteiger partial charge in [-0.1, -0.05) is 76.6 Å². The van der Waals surface area contributed by atoms with Gasteiger partial charge in [0.2, 0.25) is 5.91 Å². The van der Waals surface area contributed by atoms with Crippen molar-refractivity contribution in [2.75, 3.05) is 5.32 Å². The van der Waals surface area contributed by atoms with Crippen molar-refractivity contribution >= 4 is 33.3 Å². The van der Waals surface area contributed by atoms with E-state index in [1.807, 2.05) is 72.8 Å². The first-order chi connectivity index (χ1) is 14.1. The van der Waals surface area contributed by atoms with E-state index in [0.29, 0.717) is 12.8 Å². The largest absolute Gasteiger partial charge is 0.325 e. The molecule has 144 valence electrons. The Morgan fingerprint density at radius 3 is 1.90 bits per heavy atom. The van der Waals surface area contributed by atoms with Crippen molar-refractivity contribution in [3.63, 3.8) is 0 Å². The molecule has 1 saturated carbocycles. The van der Waals surface area contributed by atoms with E-state index in [-0.39, 0.29) is 23.5 Å². The number of rotatable bonds is 2. The van der Waals surface area contributed by atoms with Crippen LogP contribution in [-0.4, -0.2) is 11.7 Å². The summed E-state index contributed by atoms with van der Waals surface area (Å²) in [5.74, 6) is -0.244. The molecule has 3 aromatic carbocycles. The van der Waals surface area contributed by atoms with E-state index in [9.17, 15) is 9.59 Å². The number of benzene rings is 3. The average Bonchev–Trinajstić information content (AvgIpc) is 3.03. The van der Waals surface area contributed by atoms with Crippen molar-refractivity contribution in [1.82, 2.24) is 0 Å². The molecule has 0 bridgehead atoms. The fourth-order valence-electron chi connectivity index (χ4n) is 5.24. The summed E-state index contributed by atoms with van der Waals surface area (Å²) in [6.07, 6.45) is 0.736. The molecule has 1 spiro atoms. The molecule has 5 rings (SSSR count). The van der Waals surface area contributed by atoms with Crippen molar-refractivity contribution in [1.29, 1.82) is 0 Å². The number of carbonyl (C=O) groups is 2. The van der Waals surface area contributed by atoms with Gasteiger partial charge in [-0.25, -0.2) is 0 Å². The third-order valence-electron chi connectivity index (χ3n) is 6.42. The van der Waals surface area contributed by atoms with Gasteiger partial charge in [-0.3, -0.25) is 9.59 Å². The number of fused-ring (bicyclic) bond motifs is 2. The van der Waals surface area contributed by atoms with E-state index in [0.717, 1.165) is 26.9 Å². The van der Waals surface area contributed by atoms with Gasteiger partial charge in [0.1, 0.15) is 5.78 Å². The van der Waals surface area contributed by atoms with Gasteiger partial charge in [0, 0.05) is 34.8 Å². The van der Waals surface area contributed by atoms with E-state index in [1.54, 1.807) is 0 Å². The molecule has 1 amide bonds. The number of ketones is 1. The Balaban J connectivity index is 1.82. The molecule has 0 saturated heterocycles. The lowest BCUT2D eigenvalue weighted by atomic mass is 9.54. The second-order valence-corrected chi connectivity index (χ2v) is 8.80. The van der Waals surface area contributed by atoms with E-state index < -0.39 is 5.41 Å². The molecule has 29 heavy (non-hydrogen) atoms. The lowest BCUT2D eigenvalue weighted by molar-refractivity contribution is -0.128. The number of carbonyl (C=O) groups excluding carboxylic acids is 2. The molecule has 1 N–H and O–H groups in total. The minimum atomic E-state index is -0.824. The summed E-state index contributed by atoms with van der Waals surface area (Å²) >= 11 is 3.59. The normalized spacial score (nSPS) is 22.4. The van der Waals surface area contributed by atoms with E-state index >= 15 is 0 Å². The second kappa shape index (κ2) is 6.96. The van der Waals surface area contributed by atoms with Crippen LogP contribution in [0.5, 0.6) is 0 Å². The molecule has 0 radical (unpaired) electrons. The minimum absolute atomic E-state index is 0.0131. The molecule has 1 fully saturated rings. The van der Waals surface area contributed by atoms with E-state index in [2.05, 4.69) is 27.3 Å². The molecule has 2 atom stereocenters. The molecule has 4 heteroatoms. The molecule has 3 aromatic rings. The maximum atomic E-state index is 13.8. The quantitative estimate of drug-likeness (QED) is 0.560. The van der Waals surface area contributed by atoms with Gasteiger partial charge in [-0.2, -0.15) is 0 Å². The Morgan fingerprint density at radius 1 is 0.793 bits per heavy atom. The van der Waals surface area contributed by atoms with Crippen LogP contribution in [0.3, 0.4) is 0 Å². The van der Waals surface area contributed by atoms with Crippen LogP contribution in [0.4, 0.5) is 5.69 Å². The van der Waals surface area contributed by atoms with Crippen LogP contribution in [0.2, 0.25) is 0 Å². The summed E-state index contributed by atoms with van der Waals surface area (Å²) in [5.41, 5.74) is 3.06. The summed E-state index contributed by atoms with van der Waals surface area (Å²) in [7, 11) is 0. The lowest BCUT2D eigenvalue weighted by Gasteiger charge is -2.46. The number of anilines is 1. The highest BCUT2D eigenvalue weighted by molar-refractivity contribution is 9.10. The van der Waals surface area contributed by atoms with E-state index in [4.69, 9.17) is 0 Å². The minimum Gasteiger partial charge on any atom is -0.325 e. The Hall–Kier alpha value is -2.72. The topological polar surface area (TPSA) is 46.2 Å². The molecule has 1 heterocycles. The van der Waals surface area contributed by atoms with Crippen LogP contribution in [0.1, 0.15) is 41.4 Å². The Kier molecular flexibility index (Phi) is 4.39. The fourth-order valence-corrected chi connectivity index (χ4v) is 5.60. The highest BCUT2D eigenvalue weighted by atomic mass is 79.9. The Morgan fingerprint density at radius 2 is 1.34 bits per heavy atom. The molecule has 1 aliphatic carbocycles. The predicted molar refractivity (Wildman–Crippen MR) is 117 cm³/mol. The molecule has 2 aliphatic rings. The Bertz CT molecular complexity index is 1040. The van der Waals surface area contributed by atoms with Crippen LogP contribution < -0.4 is 5.32 Å². The van der Waals surface area contributed by atoms with Crippen molar-refractivity contribution in [3.8, 4) is 0 Å². The first kappa shape index (κ1) is 18.3. The molecule has 3 nitrogen and oxygen atoms in total. The third-order valence-corrected chi connectivity index (χ3v) is 6.91. The van der Waals surface area contributed by atoms with Crippen LogP contribution >= 0.6 is 15.9 Å². The zero-order valence-electron chi connectivity index (χ0n) is 15.8. The standard InChI is InChI=1S/C25H20BrNO2/c26-18-11-12-23-22(13-18)25(24(29)27-23)20(16-7-3-1-4-8-16)14-19(28)15-21(25)17-9-5-2-6-10-17/h1-13,20-21H,14-15H2,(H,27,29)/t20-,21-/m0/s1. The van der Waals surface area contributed by atoms with Crippen molar-refractivity contribution < 1.29 is 9.59 Å². The molecule has 1 aliphatic heterocycles. The summed E-state index contributed by atoms with van der Waals surface area (Å²) in [6, 6.07) is 26.0. The molecular weight excluding hydrogens is 426 g/mol. The van der Waals surface area contributed by atoms with Crippen LogP contribution in [0, 0.1) is 0 Å². The summed E-state index contributed by atoms with van der Waals surface area (Å²) in [6.45, 7) is 0. The zero-order chi connectivity index (χ0) is 20.0. The van der Waals surface area contributed by atoms with Gasteiger partial charge < -0.3 is 5.32 Å². The highest BCUT2D eigenvalue weighted by Crippen LogP contribution is 2.60. The summed E-state index contributed by atoms with van der Waals surface area (Å²) in [4.78, 5) is 26.7. The van der Waals surface area contributed by atoms with Crippen LogP contribution in [0.25, 0.3) is 0 Å². The summed E-state index contributed by atoms with van der Waals surface area (Å²) < 4.78 is 0.933. The molecule has 0 aromatic heterocycles. The van der Waals surface area contributed by atoms with Gasteiger partial charge in [0.05, 0.1) is 5.41 Å². The van der Waals surface area contributed by atoms with Gasteiger partial charge in [-0.05, 0) is 34.9 Å². The number of halogens is 1. The monoisotopic (exact) mass is 445 g/mol.